The van der Waals surface area contributed by atoms with Crippen molar-refractivity contribution < 1.29 is 0 Å². The van der Waals surface area contributed by atoms with Gasteiger partial charge in [-0.15, -0.1) is 0 Å². The highest BCUT2D eigenvalue weighted by Crippen LogP contribution is 2.34. The fourth-order valence-corrected chi connectivity index (χ4v) is 5.73. The van der Waals surface area contributed by atoms with Gasteiger partial charge >= 0.3 is 0 Å². The number of rotatable bonds is 6. The maximum Gasteiger partial charge on any atom is 0.124 e. The molecule has 7 rings (SSSR count). The fourth-order valence-electron chi connectivity index (χ4n) is 5.73. The van der Waals surface area contributed by atoms with Crippen molar-refractivity contribution in [3.63, 3.8) is 0 Å². The van der Waals surface area contributed by atoms with Crippen LogP contribution >= 0.6 is 0 Å². The Labute approximate surface area is 221 Å². The minimum Gasteiger partial charge on any atom is -0.341 e. The van der Waals surface area contributed by atoms with E-state index in [1.54, 1.807) is 0 Å². The number of aryl methyl sites for hydroxylation is 1. The third kappa shape index (κ3) is 4.25. The van der Waals surface area contributed by atoms with E-state index in [-0.39, 0.29) is 6.04 Å². The SMILES string of the molecule is Cn1nccc1-c1[nH]c(C2CCCN2)nc1-c1ccc(-c2ccc(-c3cnc(C4CCCN4)[nH]3)cc2)cc1. The summed E-state index contributed by atoms with van der Waals surface area (Å²) in [6.07, 6.45) is 8.40. The van der Waals surface area contributed by atoms with Gasteiger partial charge in [0.2, 0.25) is 0 Å². The first-order valence-electron chi connectivity index (χ1n) is 13.5. The summed E-state index contributed by atoms with van der Waals surface area (Å²) in [6.45, 7) is 2.10. The van der Waals surface area contributed by atoms with Crippen molar-refractivity contribution in [3.8, 4) is 45.0 Å². The molecule has 2 fully saturated rings. The third-order valence-electron chi connectivity index (χ3n) is 7.86. The van der Waals surface area contributed by atoms with Gasteiger partial charge < -0.3 is 20.6 Å². The van der Waals surface area contributed by atoms with E-state index >= 15 is 0 Å². The summed E-state index contributed by atoms with van der Waals surface area (Å²) in [4.78, 5) is 16.8. The molecule has 0 amide bonds. The second kappa shape index (κ2) is 9.70. The van der Waals surface area contributed by atoms with E-state index in [0.717, 1.165) is 71.5 Å². The van der Waals surface area contributed by atoms with E-state index in [1.165, 1.54) is 24.0 Å². The predicted molar refractivity (Wildman–Crippen MR) is 149 cm³/mol. The molecular weight excluding hydrogens is 472 g/mol. The maximum atomic E-state index is 5.06. The van der Waals surface area contributed by atoms with Crippen LogP contribution in [0.4, 0.5) is 0 Å². The summed E-state index contributed by atoms with van der Waals surface area (Å²) in [5.41, 5.74) is 8.66. The van der Waals surface area contributed by atoms with Gasteiger partial charge in [-0.3, -0.25) is 4.68 Å². The van der Waals surface area contributed by atoms with E-state index < -0.39 is 0 Å². The summed E-state index contributed by atoms with van der Waals surface area (Å²) in [5.74, 6) is 2.03. The monoisotopic (exact) mass is 504 g/mol. The molecule has 2 aliphatic rings. The van der Waals surface area contributed by atoms with Crippen LogP contribution in [0.3, 0.4) is 0 Å². The molecule has 2 atom stereocenters. The first-order valence-corrected chi connectivity index (χ1v) is 13.5. The van der Waals surface area contributed by atoms with E-state index in [1.807, 2.05) is 30.2 Å². The van der Waals surface area contributed by atoms with E-state index in [9.17, 15) is 0 Å². The Hall–Kier alpha value is -4.01. The molecule has 0 radical (unpaired) electrons. The molecule has 5 aromatic rings. The molecule has 8 heteroatoms. The topological polar surface area (TPSA) is 99.2 Å². The van der Waals surface area contributed by atoms with Gasteiger partial charge in [0.1, 0.15) is 11.6 Å². The number of hydrogen-bond acceptors (Lipinski definition) is 5. The van der Waals surface area contributed by atoms with Gasteiger partial charge in [-0.25, -0.2) is 9.97 Å². The van der Waals surface area contributed by atoms with Crippen LogP contribution in [0.2, 0.25) is 0 Å². The van der Waals surface area contributed by atoms with Gasteiger partial charge in [0, 0.05) is 18.8 Å². The fraction of sp³-hybridized carbons (Fsp3) is 0.300. The summed E-state index contributed by atoms with van der Waals surface area (Å²) < 4.78 is 1.89. The Bertz CT molecular complexity index is 1530. The number of imidazole rings is 2. The number of aromatic amines is 2. The Morgan fingerprint density at radius 3 is 1.97 bits per heavy atom. The largest absolute Gasteiger partial charge is 0.341 e. The van der Waals surface area contributed by atoms with Crippen molar-refractivity contribution in [1.29, 1.82) is 0 Å². The minimum atomic E-state index is 0.272. The maximum absolute atomic E-state index is 5.06. The highest BCUT2D eigenvalue weighted by molar-refractivity contribution is 5.79. The molecule has 4 N–H and O–H groups in total. The summed E-state index contributed by atoms with van der Waals surface area (Å²) in [6, 6.07) is 20.0. The van der Waals surface area contributed by atoms with Crippen LogP contribution in [-0.2, 0) is 7.05 Å². The van der Waals surface area contributed by atoms with Crippen LogP contribution in [-0.4, -0.2) is 42.8 Å². The van der Waals surface area contributed by atoms with E-state index in [4.69, 9.17) is 4.98 Å². The molecule has 2 aromatic carbocycles. The smallest absolute Gasteiger partial charge is 0.124 e. The normalized spacial score (nSPS) is 19.4. The molecule has 38 heavy (non-hydrogen) atoms. The lowest BCUT2D eigenvalue weighted by Gasteiger charge is -2.07. The number of aromatic nitrogens is 6. The number of nitrogens with zero attached hydrogens (tertiary/aromatic N) is 4. The van der Waals surface area contributed by atoms with Crippen molar-refractivity contribution in [2.45, 2.75) is 37.8 Å². The zero-order valence-corrected chi connectivity index (χ0v) is 21.5. The number of hydrogen-bond donors (Lipinski definition) is 4. The van der Waals surface area contributed by atoms with Crippen LogP contribution in [0.5, 0.6) is 0 Å². The van der Waals surface area contributed by atoms with E-state index in [0.29, 0.717) is 6.04 Å². The van der Waals surface area contributed by atoms with Gasteiger partial charge in [-0.2, -0.15) is 5.10 Å². The van der Waals surface area contributed by atoms with Gasteiger partial charge in [0.25, 0.3) is 0 Å². The summed E-state index contributed by atoms with van der Waals surface area (Å²) >= 11 is 0. The molecular formula is C30H32N8. The molecule has 0 bridgehead atoms. The van der Waals surface area contributed by atoms with Gasteiger partial charge in [-0.05, 0) is 61.5 Å². The first kappa shape index (κ1) is 23.1. The van der Waals surface area contributed by atoms with Crippen molar-refractivity contribution in [2.24, 2.45) is 7.05 Å². The van der Waals surface area contributed by atoms with Crippen molar-refractivity contribution in [3.05, 3.63) is 78.6 Å². The molecule has 0 saturated carbocycles. The van der Waals surface area contributed by atoms with Crippen molar-refractivity contribution >= 4 is 0 Å². The number of H-pyrrole nitrogens is 2. The lowest BCUT2D eigenvalue weighted by Crippen LogP contribution is -2.14. The van der Waals surface area contributed by atoms with Crippen LogP contribution < -0.4 is 10.6 Å². The van der Waals surface area contributed by atoms with Crippen molar-refractivity contribution in [1.82, 2.24) is 40.3 Å². The first-order chi connectivity index (χ1) is 18.7. The van der Waals surface area contributed by atoms with Crippen LogP contribution in [0.15, 0.2) is 67.0 Å². The Morgan fingerprint density at radius 2 is 1.37 bits per heavy atom. The lowest BCUT2D eigenvalue weighted by molar-refractivity contribution is 0.613. The lowest BCUT2D eigenvalue weighted by atomic mass is 10.0. The van der Waals surface area contributed by atoms with Gasteiger partial charge in [0.05, 0.1) is 41.1 Å². The molecule has 2 saturated heterocycles. The van der Waals surface area contributed by atoms with Crippen LogP contribution in [0, 0.1) is 0 Å². The van der Waals surface area contributed by atoms with Gasteiger partial charge in [0.15, 0.2) is 0 Å². The average molecular weight is 505 g/mol. The second-order valence-corrected chi connectivity index (χ2v) is 10.3. The molecule has 2 aliphatic heterocycles. The molecule has 0 spiro atoms. The highest BCUT2D eigenvalue weighted by atomic mass is 15.3. The number of benzene rings is 2. The van der Waals surface area contributed by atoms with Crippen LogP contribution in [0.25, 0.3) is 45.0 Å². The average Bonchev–Trinajstić information content (AvgIpc) is 3.79. The second-order valence-electron chi connectivity index (χ2n) is 10.3. The Kier molecular flexibility index (Phi) is 5.91. The number of nitrogens with one attached hydrogen (secondary N) is 4. The highest BCUT2D eigenvalue weighted by Gasteiger charge is 2.24. The zero-order valence-electron chi connectivity index (χ0n) is 21.5. The quantitative estimate of drug-likeness (QED) is 0.249. The van der Waals surface area contributed by atoms with E-state index in [2.05, 4.69) is 79.2 Å². The summed E-state index contributed by atoms with van der Waals surface area (Å²) in [7, 11) is 1.97. The van der Waals surface area contributed by atoms with Crippen LogP contribution in [0.1, 0.15) is 49.4 Å². The molecule has 8 nitrogen and oxygen atoms in total. The predicted octanol–water partition coefficient (Wildman–Crippen LogP) is 5.38. The zero-order chi connectivity index (χ0) is 25.5. The molecule has 0 aliphatic carbocycles. The van der Waals surface area contributed by atoms with Gasteiger partial charge in [-0.1, -0.05) is 48.5 Å². The summed E-state index contributed by atoms with van der Waals surface area (Å²) in [5, 5.41) is 11.5. The Morgan fingerprint density at radius 1 is 0.737 bits per heavy atom. The standard InChI is InChI=1S/C30H32N8/c1-38-26(14-17-34-38)28-27(36-30(37-28)24-5-3-16-32-24)22-12-8-20(9-13-22)19-6-10-21(11-7-19)25-18-33-29(35-25)23-4-2-15-31-23/h6-14,17-18,23-24,31-32H,2-5,15-16H2,1H3,(H,33,35)(H,36,37). The third-order valence-corrected chi connectivity index (χ3v) is 7.86. The molecule has 5 heterocycles. The van der Waals surface area contributed by atoms with Crippen molar-refractivity contribution in [2.75, 3.05) is 13.1 Å². The molecule has 3 aromatic heterocycles. The molecule has 2 unspecified atom stereocenters. The molecule has 192 valence electrons. The Balaban J connectivity index is 1.15. The minimum absolute atomic E-state index is 0.272.